The van der Waals surface area contributed by atoms with Crippen LogP contribution in [-0.2, 0) is 25.6 Å². The Kier molecular flexibility index (Phi) is 8.21. The van der Waals surface area contributed by atoms with Crippen molar-refractivity contribution in [3.63, 3.8) is 0 Å². The number of rotatable bonds is 9. The summed E-state index contributed by atoms with van der Waals surface area (Å²) in [5.41, 5.74) is 2.93. The molecular weight excluding hydrogens is 542 g/mol. The lowest BCUT2D eigenvalue weighted by molar-refractivity contribution is -0.143. The molecule has 0 unspecified atom stereocenters. The molecule has 0 saturated carbocycles. The molecule has 3 heterocycles. The number of hydrogen-bond donors (Lipinski definition) is 0. The second kappa shape index (κ2) is 12.0. The van der Waals surface area contributed by atoms with Gasteiger partial charge in [0.05, 0.1) is 41.7 Å². The number of benzene rings is 2. The molecule has 5 rings (SSSR count). The van der Waals surface area contributed by atoms with Gasteiger partial charge in [0.2, 0.25) is 0 Å². The molecule has 1 aliphatic rings. The van der Waals surface area contributed by atoms with E-state index >= 15 is 0 Å². The molecule has 10 heteroatoms. The van der Waals surface area contributed by atoms with Crippen LogP contribution in [0.5, 0.6) is 5.75 Å². The fourth-order valence-electron chi connectivity index (χ4n) is 5.03. The zero-order valence-corrected chi connectivity index (χ0v) is 24.2. The van der Waals surface area contributed by atoms with Gasteiger partial charge >= 0.3 is 11.9 Å². The monoisotopic (exact) mass is 573 g/mol. The van der Waals surface area contributed by atoms with Crippen LogP contribution in [0.15, 0.2) is 75.8 Å². The zero-order chi connectivity index (χ0) is 29.1. The lowest BCUT2D eigenvalue weighted by Crippen LogP contribution is -2.39. The number of esters is 2. The molecular formula is C31H31N3O6S. The first-order valence-corrected chi connectivity index (χ1v) is 14.3. The average Bonchev–Trinajstić information content (AvgIpc) is 3.45. The SMILES string of the molecule is CCOC(=O)Cn1cc(/C=c2\sc3n(c2=O)[C@@H](c2ccc(OCC)cc2)C(C(=O)OCC)=C(C)N=3)c2ccccc21. The maximum absolute atomic E-state index is 14.0. The first-order chi connectivity index (χ1) is 19.9. The predicted molar refractivity (Wildman–Crippen MR) is 157 cm³/mol. The van der Waals surface area contributed by atoms with Gasteiger partial charge in [-0.05, 0) is 57.5 Å². The summed E-state index contributed by atoms with van der Waals surface area (Å²) in [6.45, 7) is 8.26. The third-order valence-electron chi connectivity index (χ3n) is 6.73. The molecule has 212 valence electrons. The Hall–Kier alpha value is -4.44. The van der Waals surface area contributed by atoms with E-state index in [1.165, 1.54) is 11.3 Å². The van der Waals surface area contributed by atoms with Crippen LogP contribution in [0.4, 0.5) is 0 Å². The second-order valence-electron chi connectivity index (χ2n) is 9.34. The number of aromatic nitrogens is 2. The Morgan fingerprint density at radius 3 is 2.44 bits per heavy atom. The normalized spacial score (nSPS) is 15.0. The highest BCUT2D eigenvalue weighted by atomic mass is 32.1. The van der Waals surface area contributed by atoms with Crippen LogP contribution in [0, 0.1) is 0 Å². The molecule has 0 bridgehead atoms. The molecule has 9 nitrogen and oxygen atoms in total. The van der Waals surface area contributed by atoms with Gasteiger partial charge in [0.25, 0.3) is 5.56 Å². The summed E-state index contributed by atoms with van der Waals surface area (Å²) < 4.78 is 20.0. The second-order valence-corrected chi connectivity index (χ2v) is 10.3. The third kappa shape index (κ3) is 5.47. The summed E-state index contributed by atoms with van der Waals surface area (Å²) in [5.74, 6) is -0.151. The standard InChI is InChI=1S/C31H31N3O6S/c1-5-38-22-14-12-20(13-15-22)28-27(30(37)40-7-3)19(4)32-31-34(28)29(36)25(41-31)16-21-17-33(18-26(35)39-6-2)24-11-9-8-10-23(21)24/h8-17,28H,5-7,18H2,1-4H3/b25-16-/t28-/m0/s1. The van der Waals surface area contributed by atoms with Crippen molar-refractivity contribution in [3.05, 3.63) is 96.8 Å². The maximum atomic E-state index is 14.0. The molecule has 0 N–H and O–H groups in total. The highest BCUT2D eigenvalue weighted by Crippen LogP contribution is 2.31. The van der Waals surface area contributed by atoms with Crippen molar-refractivity contribution in [1.82, 2.24) is 9.13 Å². The minimum atomic E-state index is -0.715. The Bertz CT molecular complexity index is 1830. The maximum Gasteiger partial charge on any atom is 0.338 e. The molecule has 0 aliphatic carbocycles. The topological polar surface area (TPSA) is 101 Å². The highest BCUT2D eigenvalue weighted by Gasteiger charge is 2.33. The van der Waals surface area contributed by atoms with Crippen molar-refractivity contribution in [1.29, 1.82) is 0 Å². The van der Waals surface area contributed by atoms with Gasteiger partial charge in [-0.1, -0.05) is 41.7 Å². The van der Waals surface area contributed by atoms with Crippen LogP contribution < -0.4 is 19.6 Å². The smallest absolute Gasteiger partial charge is 0.338 e. The quantitative estimate of drug-likeness (QED) is 0.283. The van der Waals surface area contributed by atoms with Gasteiger partial charge in [-0.15, -0.1) is 0 Å². The van der Waals surface area contributed by atoms with E-state index in [0.29, 0.717) is 39.6 Å². The Morgan fingerprint density at radius 1 is 1.00 bits per heavy atom. The van der Waals surface area contributed by atoms with Gasteiger partial charge in [0, 0.05) is 22.7 Å². The summed E-state index contributed by atoms with van der Waals surface area (Å²) in [6, 6.07) is 14.3. The number of nitrogens with zero attached hydrogens (tertiary/aromatic N) is 3. The van der Waals surface area contributed by atoms with Gasteiger partial charge in [-0.25, -0.2) is 9.79 Å². The van der Waals surface area contributed by atoms with Gasteiger partial charge in [0.15, 0.2) is 4.80 Å². The van der Waals surface area contributed by atoms with E-state index in [9.17, 15) is 14.4 Å². The predicted octanol–water partition coefficient (Wildman–Crippen LogP) is 3.71. The van der Waals surface area contributed by atoms with E-state index in [4.69, 9.17) is 14.2 Å². The number of hydrogen-bond acceptors (Lipinski definition) is 8. The first kappa shape index (κ1) is 28.1. The Labute approximate surface area is 240 Å². The van der Waals surface area contributed by atoms with Crippen LogP contribution in [0.3, 0.4) is 0 Å². The molecule has 1 atom stereocenters. The van der Waals surface area contributed by atoms with E-state index in [2.05, 4.69) is 4.99 Å². The van der Waals surface area contributed by atoms with Crippen LogP contribution >= 0.6 is 11.3 Å². The van der Waals surface area contributed by atoms with Gasteiger partial charge in [-0.2, -0.15) is 0 Å². The summed E-state index contributed by atoms with van der Waals surface area (Å²) >= 11 is 1.25. The molecule has 0 radical (unpaired) electrons. The van der Waals surface area contributed by atoms with Gasteiger partial charge in [0.1, 0.15) is 12.3 Å². The first-order valence-electron chi connectivity index (χ1n) is 13.5. The number of fused-ring (bicyclic) bond motifs is 2. The molecule has 2 aromatic carbocycles. The van der Waals surface area contributed by atoms with Crippen molar-refractivity contribution in [2.24, 2.45) is 4.99 Å². The number of carbonyl (C=O) groups excluding carboxylic acids is 2. The summed E-state index contributed by atoms with van der Waals surface area (Å²) in [6.07, 6.45) is 3.66. The summed E-state index contributed by atoms with van der Waals surface area (Å²) in [4.78, 5) is 44.5. The fraction of sp³-hybridized carbons (Fsp3) is 0.290. The largest absolute Gasteiger partial charge is 0.494 e. The molecule has 0 amide bonds. The number of carbonyl (C=O) groups is 2. The summed E-state index contributed by atoms with van der Waals surface area (Å²) in [7, 11) is 0. The van der Waals surface area contributed by atoms with E-state index in [-0.39, 0.29) is 24.7 Å². The Balaban J connectivity index is 1.67. The third-order valence-corrected chi connectivity index (χ3v) is 7.72. The number of allylic oxidation sites excluding steroid dienone is 1. The lowest BCUT2D eigenvalue weighted by Gasteiger charge is -2.24. The molecule has 41 heavy (non-hydrogen) atoms. The van der Waals surface area contributed by atoms with Crippen LogP contribution in [-0.4, -0.2) is 40.9 Å². The van der Waals surface area contributed by atoms with E-state index in [1.807, 2.05) is 72.3 Å². The van der Waals surface area contributed by atoms with Gasteiger partial charge in [-0.3, -0.25) is 14.2 Å². The van der Waals surface area contributed by atoms with Crippen molar-refractivity contribution in [2.75, 3.05) is 19.8 Å². The minimum absolute atomic E-state index is 0.0588. The number of ether oxygens (including phenoxy) is 3. The molecule has 1 aliphatic heterocycles. The molecule has 4 aromatic rings. The zero-order valence-electron chi connectivity index (χ0n) is 23.4. The van der Waals surface area contributed by atoms with Crippen LogP contribution in [0.2, 0.25) is 0 Å². The molecule has 2 aromatic heterocycles. The molecule has 0 fully saturated rings. The molecule has 0 saturated heterocycles. The fourth-order valence-corrected chi connectivity index (χ4v) is 6.07. The van der Waals surface area contributed by atoms with Crippen LogP contribution in [0.1, 0.15) is 44.9 Å². The van der Waals surface area contributed by atoms with Crippen molar-refractivity contribution >= 4 is 40.3 Å². The van der Waals surface area contributed by atoms with Gasteiger partial charge < -0.3 is 18.8 Å². The number of para-hydroxylation sites is 1. The average molecular weight is 574 g/mol. The van der Waals surface area contributed by atoms with E-state index < -0.39 is 12.0 Å². The highest BCUT2D eigenvalue weighted by molar-refractivity contribution is 7.07. The van der Waals surface area contributed by atoms with E-state index in [0.717, 1.165) is 22.0 Å². The molecule has 0 spiro atoms. The lowest BCUT2D eigenvalue weighted by atomic mass is 9.96. The minimum Gasteiger partial charge on any atom is -0.494 e. The number of thiazole rings is 1. The Morgan fingerprint density at radius 2 is 1.73 bits per heavy atom. The van der Waals surface area contributed by atoms with Crippen LogP contribution in [0.25, 0.3) is 17.0 Å². The van der Waals surface area contributed by atoms with E-state index in [1.54, 1.807) is 25.3 Å². The van der Waals surface area contributed by atoms with Crippen molar-refractivity contribution < 1.29 is 23.8 Å². The van der Waals surface area contributed by atoms with Crippen molar-refractivity contribution in [2.45, 2.75) is 40.3 Å². The summed E-state index contributed by atoms with van der Waals surface area (Å²) in [5, 5.41) is 0.897. The van der Waals surface area contributed by atoms with Crippen molar-refractivity contribution in [3.8, 4) is 5.75 Å².